The lowest BCUT2D eigenvalue weighted by molar-refractivity contribution is 0.0770. The van der Waals surface area contributed by atoms with Crippen molar-refractivity contribution in [3.05, 3.63) is 29.0 Å². The van der Waals surface area contributed by atoms with Gasteiger partial charge in [0.1, 0.15) is 12.1 Å². The predicted molar refractivity (Wildman–Crippen MR) is 107 cm³/mol. The van der Waals surface area contributed by atoms with Crippen LogP contribution >= 0.6 is 24.0 Å². The molecule has 0 radical (unpaired) electrons. The lowest BCUT2D eigenvalue weighted by Gasteiger charge is -2.32. The van der Waals surface area contributed by atoms with E-state index >= 15 is 0 Å². The van der Waals surface area contributed by atoms with Crippen molar-refractivity contribution in [1.29, 1.82) is 0 Å². The minimum absolute atomic E-state index is 0. The van der Waals surface area contributed by atoms with E-state index in [4.69, 9.17) is 16.3 Å². The van der Waals surface area contributed by atoms with Gasteiger partial charge in [-0.05, 0) is 22.9 Å². The van der Waals surface area contributed by atoms with Crippen molar-refractivity contribution < 1.29 is 9.53 Å². The second kappa shape index (κ2) is 9.04. The molecule has 0 saturated carbocycles. The van der Waals surface area contributed by atoms with E-state index in [-0.39, 0.29) is 18.3 Å². The van der Waals surface area contributed by atoms with Crippen molar-refractivity contribution in [3.63, 3.8) is 0 Å². The molecule has 152 valence electrons. The van der Waals surface area contributed by atoms with Crippen molar-refractivity contribution in [2.24, 2.45) is 0 Å². The maximum Gasteiger partial charge on any atom is 0.257 e. The number of hydrogen-bond donors (Lipinski definition) is 1. The summed E-state index contributed by atoms with van der Waals surface area (Å²) in [6.45, 7) is 5.54. The fourth-order valence-electron chi connectivity index (χ4n) is 3.77. The third kappa shape index (κ3) is 4.07. The molecule has 0 aliphatic carbocycles. The largest absolute Gasteiger partial charge is 0.496 e. The van der Waals surface area contributed by atoms with Crippen LogP contribution in [0.15, 0.2) is 18.5 Å². The van der Waals surface area contributed by atoms with Gasteiger partial charge in [-0.1, -0.05) is 11.6 Å². The van der Waals surface area contributed by atoms with Gasteiger partial charge in [-0.25, -0.2) is 0 Å². The molecule has 2 aliphatic heterocycles. The van der Waals surface area contributed by atoms with Gasteiger partial charge in [0.15, 0.2) is 0 Å². The number of tetrazole rings is 1. The summed E-state index contributed by atoms with van der Waals surface area (Å²) >= 11 is 6.39. The smallest absolute Gasteiger partial charge is 0.257 e. The van der Waals surface area contributed by atoms with Crippen molar-refractivity contribution >= 4 is 29.9 Å². The molecule has 2 saturated heterocycles. The zero-order valence-electron chi connectivity index (χ0n) is 15.5. The second-order valence-electron chi connectivity index (χ2n) is 6.74. The number of hydrogen-bond acceptors (Lipinski definition) is 7. The molecule has 1 unspecified atom stereocenters. The Morgan fingerprint density at radius 2 is 2.07 bits per heavy atom. The van der Waals surface area contributed by atoms with E-state index in [9.17, 15) is 4.79 Å². The zero-order valence-corrected chi connectivity index (χ0v) is 17.1. The topological polar surface area (TPSA) is 88.4 Å². The molecule has 0 bridgehead atoms. The molecule has 1 atom stereocenters. The van der Waals surface area contributed by atoms with Gasteiger partial charge in [-0.2, -0.15) is 4.68 Å². The number of aromatic nitrogens is 4. The van der Waals surface area contributed by atoms with Crippen molar-refractivity contribution in [2.45, 2.75) is 12.5 Å². The van der Waals surface area contributed by atoms with E-state index in [1.54, 1.807) is 12.1 Å². The Labute approximate surface area is 174 Å². The SMILES string of the molecule is COc1cc(-n2cnnn2)c(Cl)cc1C(=O)N1CCC(N2CCNCC2)C1.Cl. The van der Waals surface area contributed by atoms with E-state index in [0.29, 0.717) is 28.1 Å². The first-order valence-electron chi connectivity index (χ1n) is 9.02. The number of likely N-dealkylation sites (tertiary alicyclic amines) is 1. The first-order chi connectivity index (χ1) is 13.2. The lowest BCUT2D eigenvalue weighted by Crippen LogP contribution is -2.49. The van der Waals surface area contributed by atoms with Gasteiger partial charge in [-0.3, -0.25) is 9.69 Å². The molecule has 1 amide bonds. The number of methoxy groups -OCH3 is 1. The maximum atomic E-state index is 13.1. The van der Waals surface area contributed by atoms with Crippen molar-refractivity contribution in [2.75, 3.05) is 46.4 Å². The Hall–Kier alpha value is -1.94. The average molecular weight is 428 g/mol. The number of halogens is 2. The molecule has 9 nitrogen and oxygen atoms in total. The summed E-state index contributed by atoms with van der Waals surface area (Å²) in [7, 11) is 1.54. The Morgan fingerprint density at radius 1 is 1.29 bits per heavy atom. The van der Waals surface area contributed by atoms with Crippen molar-refractivity contribution in [3.8, 4) is 11.4 Å². The quantitative estimate of drug-likeness (QED) is 0.773. The van der Waals surface area contributed by atoms with Crippen LogP contribution in [0, 0.1) is 0 Å². The molecule has 1 N–H and O–H groups in total. The lowest BCUT2D eigenvalue weighted by atomic mass is 10.1. The summed E-state index contributed by atoms with van der Waals surface area (Å²) < 4.78 is 6.90. The molecule has 28 heavy (non-hydrogen) atoms. The first kappa shape index (κ1) is 20.8. The van der Waals surface area contributed by atoms with Gasteiger partial charge in [-0.15, -0.1) is 17.5 Å². The first-order valence-corrected chi connectivity index (χ1v) is 9.40. The van der Waals surface area contributed by atoms with Crippen LogP contribution in [0.2, 0.25) is 5.02 Å². The van der Waals surface area contributed by atoms with Crippen LogP contribution < -0.4 is 10.1 Å². The van der Waals surface area contributed by atoms with Crippen LogP contribution in [0.25, 0.3) is 5.69 Å². The molecule has 1 aromatic carbocycles. The highest BCUT2D eigenvalue weighted by Crippen LogP contribution is 2.31. The van der Waals surface area contributed by atoms with Crippen LogP contribution in [-0.2, 0) is 0 Å². The van der Waals surface area contributed by atoms with Gasteiger partial charge >= 0.3 is 0 Å². The molecule has 2 fully saturated rings. The number of nitrogens with zero attached hydrogens (tertiary/aromatic N) is 6. The number of rotatable bonds is 4. The molecule has 4 rings (SSSR count). The van der Waals surface area contributed by atoms with Gasteiger partial charge in [0.25, 0.3) is 5.91 Å². The molecule has 1 aromatic heterocycles. The summed E-state index contributed by atoms with van der Waals surface area (Å²) in [4.78, 5) is 17.5. The Morgan fingerprint density at radius 3 is 2.75 bits per heavy atom. The Balaban J connectivity index is 0.00000225. The normalized spacial score (nSPS) is 20.1. The highest BCUT2D eigenvalue weighted by molar-refractivity contribution is 6.33. The van der Waals surface area contributed by atoms with E-state index in [1.807, 2.05) is 4.90 Å². The zero-order chi connectivity index (χ0) is 18.8. The minimum Gasteiger partial charge on any atom is -0.496 e. The van der Waals surface area contributed by atoms with Crippen molar-refractivity contribution in [1.82, 2.24) is 35.3 Å². The van der Waals surface area contributed by atoms with Crippen LogP contribution in [0.5, 0.6) is 5.75 Å². The van der Waals surface area contributed by atoms with Crippen LogP contribution in [0.3, 0.4) is 0 Å². The summed E-state index contributed by atoms with van der Waals surface area (Å²) in [6.07, 6.45) is 2.44. The highest BCUT2D eigenvalue weighted by Gasteiger charge is 2.32. The number of benzene rings is 1. The fourth-order valence-corrected chi connectivity index (χ4v) is 4.02. The molecule has 3 heterocycles. The maximum absolute atomic E-state index is 13.1. The second-order valence-corrected chi connectivity index (χ2v) is 7.15. The average Bonchev–Trinajstić information content (AvgIpc) is 3.40. The summed E-state index contributed by atoms with van der Waals surface area (Å²) in [5.41, 5.74) is 1.02. The fraction of sp³-hybridized carbons (Fsp3) is 0.529. The van der Waals surface area contributed by atoms with Crippen LogP contribution in [0.4, 0.5) is 0 Å². The molecular weight excluding hydrogens is 405 g/mol. The standard InChI is InChI=1S/C17H22ClN7O2.ClH/c1-27-16-9-15(25-11-20-21-22-25)14(18)8-13(16)17(26)24-5-2-12(10-24)23-6-3-19-4-7-23;/h8-9,11-12,19H,2-7,10H2,1H3;1H. The molecule has 2 aliphatic rings. The van der Waals surface area contributed by atoms with Gasteiger partial charge in [0.05, 0.1) is 23.4 Å². The number of ether oxygens (including phenoxy) is 1. The van der Waals surface area contributed by atoms with Gasteiger partial charge in [0.2, 0.25) is 0 Å². The van der Waals surface area contributed by atoms with Gasteiger partial charge in [0, 0.05) is 51.4 Å². The highest BCUT2D eigenvalue weighted by atomic mass is 35.5. The number of nitrogens with one attached hydrogen (secondary N) is 1. The number of piperazine rings is 1. The van der Waals surface area contributed by atoms with Crippen LogP contribution in [0.1, 0.15) is 16.8 Å². The van der Waals surface area contributed by atoms with E-state index in [2.05, 4.69) is 25.7 Å². The Bertz CT molecular complexity index is 812. The van der Waals surface area contributed by atoms with E-state index in [0.717, 1.165) is 45.7 Å². The number of amides is 1. The van der Waals surface area contributed by atoms with Crippen LogP contribution in [-0.4, -0.2) is 88.3 Å². The monoisotopic (exact) mass is 427 g/mol. The summed E-state index contributed by atoms with van der Waals surface area (Å²) in [6, 6.07) is 3.74. The third-order valence-corrected chi connectivity index (χ3v) is 5.52. The van der Waals surface area contributed by atoms with E-state index in [1.165, 1.54) is 18.1 Å². The predicted octanol–water partition coefficient (Wildman–Crippen LogP) is 0.866. The van der Waals surface area contributed by atoms with Gasteiger partial charge < -0.3 is 15.0 Å². The number of carbonyl (C=O) groups excluding carboxylic acids is 1. The molecule has 0 spiro atoms. The Kier molecular flexibility index (Phi) is 6.71. The van der Waals surface area contributed by atoms with E-state index < -0.39 is 0 Å². The number of carbonyl (C=O) groups is 1. The summed E-state index contributed by atoms with van der Waals surface area (Å²) in [5.74, 6) is 0.398. The molecule has 2 aromatic rings. The third-order valence-electron chi connectivity index (χ3n) is 5.21. The molecule has 11 heteroatoms. The minimum atomic E-state index is -0.0605. The summed E-state index contributed by atoms with van der Waals surface area (Å²) in [5, 5.41) is 14.8. The molecular formula is C17H23Cl2N7O2.